The first-order chi connectivity index (χ1) is 8.34. The van der Waals surface area contributed by atoms with Gasteiger partial charge in [0.15, 0.2) is 9.84 Å². The lowest BCUT2D eigenvalue weighted by molar-refractivity contribution is 0.352. The maximum atomic E-state index is 11.8. The maximum Gasteiger partial charge on any atom is 0.179 e. The van der Waals surface area contributed by atoms with E-state index in [4.69, 9.17) is 5.73 Å². The Balaban J connectivity index is 2.55. The third kappa shape index (κ3) is 2.16. The molecule has 4 nitrogen and oxygen atoms in total. The topological polar surface area (TPSA) is 65.1 Å². The molecule has 1 saturated carbocycles. The molecule has 0 aliphatic heterocycles. The van der Waals surface area contributed by atoms with Gasteiger partial charge in [0.25, 0.3) is 0 Å². The number of rotatable bonds is 2. The first kappa shape index (κ1) is 13.5. The summed E-state index contributed by atoms with van der Waals surface area (Å²) in [7, 11) is -3.25. The minimum atomic E-state index is -3.25. The molecule has 0 amide bonds. The van der Waals surface area contributed by atoms with E-state index in [1.54, 1.807) is 0 Å². The molecule has 18 heavy (non-hydrogen) atoms. The normalized spacial score (nSPS) is 18.2. The third-order valence-electron chi connectivity index (χ3n) is 4.05. The van der Waals surface area contributed by atoms with Crippen LogP contribution in [0, 0.1) is 13.8 Å². The highest BCUT2D eigenvalue weighted by atomic mass is 32.2. The van der Waals surface area contributed by atoms with Crippen LogP contribution in [0.1, 0.15) is 49.4 Å². The van der Waals surface area contributed by atoms with Crippen LogP contribution < -0.4 is 5.73 Å². The number of aromatic nitrogens is 1. The second kappa shape index (κ2) is 4.61. The van der Waals surface area contributed by atoms with Crippen molar-refractivity contribution in [2.24, 2.45) is 0 Å². The van der Waals surface area contributed by atoms with Crippen LogP contribution in [-0.2, 0) is 9.84 Å². The summed E-state index contributed by atoms with van der Waals surface area (Å²) in [4.78, 5) is 0.325. The zero-order valence-corrected chi connectivity index (χ0v) is 12.2. The van der Waals surface area contributed by atoms with Crippen molar-refractivity contribution in [2.75, 3.05) is 12.0 Å². The molecule has 0 atom stereocenters. The predicted molar refractivity (Wildman–Crippen MR) is 73.6 cm³/mol. The van der Waals surface area contributed by atoms with Gasteiger partial charge < -0.3 is 10.3 Å². The minimum Gasteiger partial charge on any atom is -0.384 e. The molecule has 0 unspecified atom stereocenters. The van der Waals surface area contributed by atoms with Gasteiger partial charge in [-0.15, -0.1) is 0 Å². The molecule has 1 aliphatic rings. The quantitative estimate of drug-likeness (QED) is 0.898. The van der Waals surface area contributed by atoms with Gasteiger partial charge in [-0.1, -0.05) is 19.3 Å². The summed E-state index contributed by atoms with van der Waals surface area (Å²) in [6, 6.07) is 0.368. The lowest BCUT2D eigenvalue weighted by atomic mass is 9.95. The molecular weight excluding hydrogens is 248 g/mol. The van der Waals surface area contributed by atoms with Gasteiger partial charge in [0.2, 0.25) is 0 Å². The van der Waals surface area contributed by atoms with Gasteiger partial charge in [-0.05, 0) is 32.3 Å². The van der Waals surface area contributed by atoms with E-state index >= 15 is 0 Å². The van der Waals surface area contributed by atoms with Crippen molar-refractivity contribution >= 4 is 15.7 Å². The fourth-order valence-corrected chi connectivity index (χ4v) is 4.29. The Labute approximate surface area is 109 Å². The van der Waals surface area contributed by atoms with Gasteiger partial charge in [0.05, 0.1) is 0 Å². The van der Waals surface area contributed by atoms with Crippen molar-refractivity contribution in [3.05, 3.63) is 11.3 Å². The van der Waals surface area contributed by atoms with E-state index in [0.717, 1.165) is 24.1 Å². The average Bonchev–Trinajstić information content (AvgIpc) is 2.50. The molecular formula is C13H22N2O2S. The second-order valence-electron chi connectivity index (χ2n) is 5.36. The summed E-state index contributed by atoms with van der Waals surface area (Å²) in [6.45, 7) is 3.82. The van der Waals surface area contributed by atoms with E-state index in [-0.39, 0.29) is 0 Å². The monoisotopic (exact) mass is 270 g/mol. The highest BCUT2D eigenvalue weighted by molar-refractivity contribution is 7.91. The summed E-state index contributed by atoms with van der Waals surface area (Å²) < 4.78 is 25.7. The first-order valence-electron chi connectivity index (χ1n) is 6.51. The van der Waals surface area contributed by atoms with Gasteiger partial charge in [0, 0.05) is 18.0 Å². The lowest BCUT2D eigenvalue weighted by Crippen LogP contribution is -2.16. The number of anilines is 1. The lowest BCUT2D eigenvalue weighted by Gasteiger charge is -2.26. The van der Waals surface area contributed by atoms with Crippen molar-refractivity contribution < 1.29 is 8.42 Å². The molecule has 1 aliphatic carbocycles. The fraction of sp³-hybridized carbons (Fsp3) is 0.692. The van der Waals surface area contributed by atoms with E-state index in [2.05, 4.69) is 0 Å². The molecule has 2 N–H and O–H groups in total. The number of hydrogen-bond donors (Lipinski definition) is 1. The number of nitrogens with zero attached hydrogens (tertiary/aromatic N) is 1. The van der Waals surface area contributed by atoms with Crippen molar-refractivity contribution in [1.82, 2.24) is 4.57 Å². The second-order valence-corrected chi connectivity index (χ2v) is 7.31. The van der Waals surface area contributed by atoms with Crippen LogP contribution >= 0.6 is 0 Å². The Kier molecular flexibility index (Phi) is 3.45. The number of hydrogen-bond acceptors (Lipinski definition) is 3. The van der Waals surface area contributed by atoms with Crippen LogP contribution in [0.2, 0.25) is 0 Å². The Bertz CT molecular complexity index is 552. The molecule has 102 valence electrons. The van der Waals surface area contributed by atoms with Gasteiger partial charge in [-0.3, -0.25) is 0 Å². The summed E-state index contributed by atoms with van der Waals surface area (Å²) in [5.74, 6) is 0.430. The van der Waals surface area contributed by atoms with Crippen LogP contribution in [0.25, 0.3) is 0 Å². The number of nitrogen functional groups attached to an aromatic ring is 1. The summed E-state index contributed by atoms with van der Waals surface area (Å²) in [6.07, 6.45) is 7.11. The van der Waals surface area contributed by atoms with Crippen molar-refractivity contribution in [3.8, 4) is 0 Å². The van der Waals surface area contributed by atoms with Gasteiger partial charge in [-0.2, -0.15) is 0 Å². The minimum absolute atomic E-state index is 0.325. The maximum absolute atomic E-state index is 11.8. The standard InChI is InChI=1S/C13H22N2O2S/c1-9-10(2)15(11-7-5-4-6-8-11)13(14)12(9)18(3,16)17/h11H,4-8,14H2,1-3H3. The SMILES string of the molecule is Cc1c(S(C)(=O)=O)c(N)n(C2CCCCC2)c1C. The Morgan fingerprint density at radius 3 is 2.17 bits per heavy atom. The number of nitrogens with two attached hydrogens (primary N) is 1. The zero-order chi connectivity index (χ0) is 13.5. The molecule has 1 heterocycles. The van der Waals surface area contributed by atoms with Crippen LogP contribution in [0.15, 0.2) is 4.90 Å². The molecule has 1 aromatic heterocycles. The van der Waals surface area contributed by atoms with E-state index in [9.17, 15) is 8.42 Å². The first-order valence-corrected chi connectivity index (χ1v) is 8.40. The molecule has 0 radical (unpaired) electrons. The number of sulfone groups is 1. The Hall–Kier alpha value is -0.970. The molecule has 1 aromatic rings. The molecule has 5 heteroatoms. The smallest absolute Gasteiger partial charge is 0.179 e. The molecule has 0 bridgehead atoms. The van der Waals surface area contributed by atoms with E-state index in [1.165, 1.54) is 25.5 Å². The summed E-state index contributed by atoms with van der Waals surface area (Å²) in [5, 5.41) is 0. The van der Waals surface area contributed by atoms with E-state index in [0.29, 0.717) is 16.8 Å². The predicted octanol–water partition coefficient (Wildman–Crippen LogP) is 2.60. The summed E-state index contributed by atoms with van der Waals surface area (Å²) in [5.41, 5.74) is 7.91. The average molecular weight is 270 g/mol. The van der Waals surface area contributed by atoms with E-state index < -0.39 is 9.84 Å². The molecule has 0 aromatic carbocycles. The van der Waals surface area contributed by atoms with Gasteiger partial charge in [-0.25, -0.2) is 8.42 Å². The fourth-order valence-electron chi connectivity index (χ4n) is 3.11. The van der Waals surface area contributed by atoms with Crippen LogP contribution in [0.4, 0.5) is 5.82 Å². The largest absolute Gasteiger partial charge is 0.384 e. The highest BCUT2D eigenvalue weighted by Gasteiger charge is 2.27. The van der Waals surface area contributed by atoms with Crippen molar-refractivity contribution in [3.63, 3.8) is 0 Å². The van der Waals surface area contributed by atoms with Crippen molar-refractivity contribution in [2.45, 2.75) is 56.9 Å². The molecule has 0 spiro atoms. The van der Waals surface area contributed by atoms with Crippen molar-refractivity contribution in [1.29, 1.82) is 0 Å². The van der Waals surface area contributed by atoms with E-state index in [1.807, 2.05) is 18.4 Å². The molecule has 1 fully saturated rings. The van der Waals surface area contributed by atoms with Crippen LogP contribution in [0.3, 0.4) is 0 Å². The Morgan fingerprint density at radius 2 is 1.72 bits per heavy atom. The van der Waals surface area contributed by atoms with Crippen LogP contribution in [0.5, 0.6) is 0 Å². The van der Waals surface area contributed by atoms with Gasteiger partial charge >= 0.3 is 0 Å². The summed E-state index contributed by atoms with van der Waals surface area (Å²) >= 11 is 0. The van der Waals surface area contributed by atoms with Gasteiger partial charge in [0.1, 0.15) is 10.7 Å². The zero-order valence-electron chi connectivity index (χ0n) is 11.4. The molecule has 2 rings (SSSR count). The Morgan fingerprint density at radius 1 is 1.17 bits per heavy atom. The van der Waals surface area contributed by atoms with Crippen LogP contribution in [-0.4, -0.2) is 19.2 Å². The highest BCUT2D eigenvalue weighted by Crippen LogP contribution is 2.37. The molecule has 0 saturated heterocycles. The third-order valence-corrected chi connectivity index (χ3v) is 5.30.